The summed E-state index contributed by atoms with van der Waals surface area (Å²) in [4.78, 5) is 23.5. The van der Waals surface area contributed by atoms with Crippen molar-refractivity contribution < 1.29 is 14.1 Å². The number of non-ortho nitro benzene ring substituents is 1. The largest absolute Gasteiger partial charge is 0.481 e. The summed E-state index contributed by atoms with van der Waals surface area (Å²) in [7, 11) is 0. The fourth-order valence-corrected chi connectivity index (χ4v) is 3.22. The molecule has 1 heterocycles. The average Bonchev–Trinajstić information content (AvgIpc) is 2.74. The van der Waals surface area contributed by atoms with Crippen molar-refractivity contribution in [3.05, 3.63) is 103 Å². The van der Waals surface area contributed by atoms with E-state index in [0.717, 1.165) is 5.56 Å². The van der Waals surface area contributed by atoms with E-state index < -0.39 is 4.92 Å². The fourth-order valence-electron chi connectivity index (χ4n) is 3.05. The molecular weight excluding hydrogens is 406 g/mol. The Morgan fingerprint density at radius 3 is 2.40 bits per heavy atom. The minimum Gasteiger partial charge on any atom is -0.481 e. The molecule has 6 nitrogen and oxygen atoms in total. The van der Waals surface area contributed by atoms with E-state index in [1.165, 1.54) is 12.1 Å². The molecule has 0 amide bonds. The van der Waals surface area contributed by atoms with Crippen LogP contribution in [0.15, 0.2) is 75.9 Å². The minimum absolute atomic E-state index is 0.0149. The van der Waals surface area contributed by atoms with Crippen LogP contribution in [-0.2, 0) is 6.61 Å². The van der Waals surface area contributed by atoms with E-state index in [2.05, 4.69) is 0 Å². The molecule has 0 atom stereocenters. The number of hydrogen-bond donors (Lipinski definition) is 0. The van der Waals surface area contributed by atoms with Crippen molar-refractivity contribution in [1.29, 1.82) is 0 Å². The van der Waals surface area contributed by atoms with Crippen LogP contribution in [0.25, 0.3) is 22.3 Å². The van der Waals surface area contributed by atoms with Gasteiger partial charge >= 0.3 is 0 Å². The van der Waals surface area contributed by atoms with E-state index in [4.69, 9.17) is 20.8 Å². The molecule has 0 spiro atoms. The summed E-state index contributed by atoms with van der Waals surface area (Å²) < 4.78 is 11.9. The summed E-state index contributed by atoms with van der Waals surface area (Å²) >= 11 is 6.05. The van der Waals surface area contributed by atoms with Gasteiger partial charge in [0.05, 0.1) is 10.3 Å². The summed E-state index contributed by atoms with van der Waals surface area (Å²) in [6.45, 7) is 2.02. The van der Waals surface area contributed by atoms with Crippen LogP contribution >= 0.6 is 11.6 Å². The van der Waals surface area contributed by atoms with Gasteiger partial charge in [-0.05, 0) is 42.8 Å². The number of nitrogens with zero attached hydrogens (tertiary/aromatic N) is 1. The Morgan fingerprint density at radius 2 is 1.73 bits per heavy atom. The molecule has 30 heavy (non-hydrogen) atoms. The van der Waals surface area contributed by atoms with Crippen molar-refractivity contribution in [3.8, 4) is 17.1 Å². The van der Waals surface area contributed by atoms with Gasteiger partial charge in [-0.1, -0.05) is 41.4 Å². The summed E-state index contributed by atoms with van der Waals surface area (Å²) in [5.41, 5.74) is 2.51. The summed E-state index contributed by atoms with van der Waals surface area (Å²) in [5.74, 6) is 0.378. The zero-order valence-corrected chi connectivity index (χ0v) is 16.7. The van der Waals surface area contributed by atoms with Crippen LogP contribution in [0.4, 0.5) is 5.69 Å². The van der Waals surface area contributed by atoms with Crippen LogP contribution in [0.3, 0.4) is 0 Å². The van der Waals surface area contributed by atoms with Crippen LogP contribution in [0.1, 0.15) is 11.1 Å². The van der Waals surface area contributed by atoms with Gasteiger partial charge in [0.1, 0.15) is 12.2 Å². The minimum atomic E-state index is -0.470. The van der Waals surface area contributed by atoms with Gasteiger partial charge in [0.15, 0.2) is 5.76 Å². The monoisotopic (exact) mass is 421 g/mol. The first kappa shape index (κ1) is 19.7. The lowest BCUT2D eigenvalue weighted by Gasteiger charge is -2.12. The number of ether oxygens (including phenoxy) is 1. The van der Waals surface area contributed by atoms with Gasteiger partial charge < -0.3 is 9.15 Å². The van der Waals surface area contributed by atoms with Gasteiger partial charge in [0.25, 0.3) is 5.69 Å². The van der Waals surface area contributed by atoms with Crippen molar-refractivity contribution in [2.24, 2.45) is 0 Å². The molecule has 4 aromatic rings. The highest BCUT2D eigenvalue weighted by molar-refractivity contribution is 6.31. The second-order valence-electron chi connectivity index (χ2n) is 6.81. The van der Waals surface area contributed by atoms with Gasteiger partial charge in [-0.2, -0.15) is 0 Å². The third-order valence-corrected chi connectivity index (χ3v) is 4.89. The number of fused-ring (bicyclic) bond motifs is 1. The second kappa shape index (κ2) is 8.00. The topological polar surface area (TPSA) is 82.6 Å². The number of hydrogen-bond acceptors (Lipinski definition) is 5. The van der Waals surface area contributed by atoms with Crippen molar-refractivity contribution in [1.82, 2.24) is 0 Å². The fraction of sp³-hybridized carbons (Fsp3) is 0.0870. The molecule has 0 aliphatic rings. The predicted molar refractivity (Wildman–Crippen MR) is 115 cm³/mol. The quantitative estimate of drug-likeness (QED) is 0.295. The zero-order chi connectivity index (χ0) is 21.3. The molecule has 1 aromatic heterocycles. The highest BCUT2D eigenvalue weighted by Crippen LogP contribution is 2.32. The molecule has 0 saturated carbocycles. The highest BCUT2D eigenvalue weighted by atomic mass is 35.5. The van der Waals surface area contributed by atoms with E-state index >= 15 is 0 Å². The first-order valence-corrected chi connectivity index (χ1v) is 9.50. The molecule has 0 unspecified atom stereocenters. The van der Waals surface area contributed by atoms with E-state index in [-0.39, 0.29) is 23.5 Å². The molecule has 0 aliphatic heterocycles. The Bertz CT molecular complexity index is 1290. The Hall–Kier alpha value is -3.64. The van der Waals surface area contributed by atoms with E-state index in [9.17, 15) is 14.9 Å². The molecule has 0 saturated heterocycles. The van der Waals surface area contributed by atoms with E-state index in [1.54, 1.807) is 30.3 Å². The Labute approximate surface area is 176 Å². The van der Waals surface area contributed by atoms with Crippen molar-refractivity contribution in [2.45, 2.75) is 13.5 Å². The van der Waals surface area contributed by atoms with E-state index in [0.29, 0.717) is 32.9 Å². The van der Waals surface area contributed by atoms with Gasteiger partial charge in [-0.15, -0.1) is 0 Å². The van der Waals surface area contributed by atoms with Crippen molar-refractivity contribution in [2.75, 3.05) is 0 Å². The first-order valence-electron chi connectivity index (χ1n) is 9.12. The molecule has 0 fully saturated rings. The molecule has 0 radical (unpaired) electrons. The molecule has 0 aliphatic carbocycles. The summed E-state index contributed by atoms with van der Waals surface area (Å²) in [5, 5.41) is 11.6. The maximum Gasteiger partial charge on any atom is 0.269 e. The third-order valence-electron chi connectivity index (χ3n) is 4.65. The average molecular weight is 422 g/mol. The number of aryl methyl sites for hydroxylation is 1. The Balaban J connectivity index is 1.78. The van der Waals surface area contributed by atoms with Crippen LogP contribution in [-0.4, -0.2) is 4.92 Å². The van der Waals surface area contributed by atoms with Crippen LogP contribution in [0.2, 0.25) is 5.02 Å². The molecule has 3 aromatic carbocycles. The van der Waals surface area contributed by atoms with Crippen LogP contribution in [0.5, 0.6) is 5.75 Å². The Kier molecular flexibility index (Phi) is 5.25. The molecular formula is C23H16ClNO5. The maximum atomic E-state index is 13.2. The smallest absolute Gasteiger partial charge is 0.269 e. The van der Waals surface area contributed by atoms with Crippen molar-refractivity contribution >= 4 is 28.3 Å². The van der Waals surface area contributed by atoms with Gasteiger partial charge in [0, 0.05) is 22.7 Å². The van der Waals surface area contributed by atoms with Crippen molar-refractivity contribution in [3.63, 3.8) is 0 Å². The number of rotatable bonds is 5. The number of benzene rings is 3. The Morgan fingerprint density at radius 1 is 1.03 bits per heavy atom. The first-order chi connectivity index (χ1) is 14.4. The number of nitro groups is 1. The molecule has 7 heteroatoms. The molecule has 0 bridgehead atoms. The highest BCUT2D eigenvalue weighted by Gasteiger charge is 2.18. The molecule has 4 rings (SSSR count). The van der Waals surface area contributed by atoms with Gasteiger partial charge in [0.2, 0.25) is 11.2 Å². The van der Waals surface area contributed by atoms with Crippen LogP contribution in [0, 0.1) is 17.0 Å². The maximum absolute atomic E-state index is 13.2. The predicted octanol–water partition coefficient (Wildman–Crippen LogP) is 5.91. The lowest BCUT2D eigenvalue weighted by atomic mass is 10.1. The SMILES string of the molecule is Cc1ccc(-c2oc3ccc(Cl)cc3c(=O)c2OCc2ccc([N+](=O)[O-])cc2)cc1. The third kappa shape index (κ3) is 3.90. The van der Waals surface area contributed by atoms with Gasteiger partial charge in [-0.25, -0.2) is 0 Å². The molecule has 150 valence electrons. The van der Waals surface area contributed by atoms with Crippen LogP contribution < -0.4 is 10.2 Å². The second-order valence-corrected chi connectivity index (χ2v) is 7.24. The zero-order valence-electron chi connectivity index (χ0n) is 15.9. The van der Waals surface area contributed by atoms with E-state index in [1.807, 2.05) is 31.2 Å². The molecule has 0 N–H and O–H groups in total. The van der Waals surface area contributed by atoms with Gasteiger partial charge in [-0.3, -0.25) is 14.9 Å². The lowest BCUT2D eigenvalue weighted by Crippen LogP contribution is -2.10. The number of halogens is 1. The summed E-state index contributed by atoms with van der Waals surface area (Å²) in [6, 6.07) is 18.3. The normalized spacial score (nSPS) is 10.9. The summed E-state index contributed by atoms with van der Waals surface area (Å²) in [6.07, 6.45) is 0. The number of nitro benzene ring substituents is 1. The lowest BCUT2D eigenvalue weighted by molar-refractivity contribution is -0.384. The standard InChI is InChI=1S/C23H16ClNO5/c1-14-2-6-16(7-3-14)22-23(21(26)19-12-17(24)8-11-20(19)30-22)29-13-15-4-9-18(10-5-15)25(27)28/h2-12H,13H2,1H3.